The zero-order chi connectivity index (χ0) is 16.1. The van der Waals surface area contributed by atoms with Gasteiger partial charge in [0.2, 0.25) is 5.91 Å². The van der Waals surface area contributed by atoms with E-state index in [0.29, 0.717) is 0 Å². The van der Waals surface area contributed by atoms with E-state index in [2.05, 4.69) is 5.32 Å². The Labute approximate surface area is 134 Å². The van der Waals surface area contributed by atoms with Gasteiger partial charge in [0.25, 0.3) is 0 Å². The lowest BCUT2D eigenvalue weighted by atomic mass is 9.99. The highest BCUT2D eigenvalue weighted by Crippen LogP contribution is 2.26. The number of hydrogen-bond donors (Lipinski definition) is 3. The van der Waals surface area contributed by atoms with Gasteiger partial charge in [0.15, 0.2) is 6.29 Å². The number of rotatable bonds is 5. The Morgan fingerprint density at radius 2 is 2.09 bits per heavy atom. The molecule has 0 bridgehead atoms. The number of alkyl halides is 1. The number of aliphatic hydroxyl groups excluding tert-OH is 2. The first kappa shape index (κ1) is 17.2. The van der Waals surface area contributed by atoms with E-state index in [1.807, 2.05) is 30.3 Å². The predicted octanol–water partition coefficient (Wildman–Crippen LogP) is 0.393. The third kappa shape index (κ3) is 4.18. The van der Waals surface area contributed by atoms with E-state index >= 15 is 0 Å². The van der Waals surface area contributed by atoms with Crippen LogP contribution in [0.4, 0.5) is 0 Å². The number of nitrogens with one attached hydrogen (secondary N) is 1. The van der Waals surface area contributed by atoms with Crippen LogP contribution in [-0.2, 0) is 20.9 Å². The number of carbonyl (C=O) groups excluding carboxylic acids is 1. The Morgan fingerprint density at radius 1 is 1.41 bits per heavy atom. The van der Waals surface area contributed by atoms with Crippen LogP contribution in [0.25, 0.3) is 0 Å². The van der Waals surface area contributed by atoms with Crippen molar-refractivity contribution in [1.29, 1.82) is 0 Å². The molecule has 0 radical (unpaired) electrons. The number of amides is 1. The van der Waals surface area contributed by atoms with Crippen LogP contribution in [0, 0.1) is 0 Å². The second kappa shape index (κ2) is 7.89. The molecule has 5 atom stereocenters. The molecule has 1 aromatic carbocycles. The lowest BCUT2D eigenvalue weighted by molar-refractivity contribution is -0.239. The predicted molar refractivity (Wildman–Crippen MR) is 80.2 cm³/mol. The normalized spacial score (nSPS) is 31.7. The second-order valence-corrected chi connectivity index (χ2v) is 5.69. The summed E-state index contributed by atoms with van der Waals surface area (Å²) in [7, 11) is 0. The third-order valence-corrected chi connectivity index (χ3v) is 4.00. The van der Waals surface area contributed by atoms with Gasteiger partial charge in [-0.2, -0.15) is 0 Å². The lowest BCUT2D eigenvalue weighted by Crippen LogP contribution is -2.63. The Kier molecular flexibility index (Phi) is 6.16. The summed E-state index contributed by atoms with van der Waals surface area (Å²) >= 11 is 6.05. The highest BCUT2D eigenvalue weighted by atomic mass is 35.5. The molecule has 122 valence electrons. The van der Waals surface area contributed by atoms with Crippen LogP contribution >= 0.6 is 11.6 Å². The fourth-order valence-electron chi connectivity index (χ4n) is 2.34. The maximum absolute atomic E-state index is 11.3. The van der Waals surface area contributed by atoms with Gasteiger partial charge in [0, 0.05) is 6.92 Å². The first-order valence-corrected chi connectivity index (χ1v) is 7.47. The molecule has 0 unspecified atom stereocenters. The molecule has 1 fully saturated rings. The minimum Gasteiger partial charge on any atom is -0.394 e. The molecule has 0 aromatic heterocycles. The van der Waals surface area contributed by atoms with Crippen molar-refractivity contribution in [2.24, 2.45) is 0 Å². The van der Waals surface area contributed by atoms with Crippen LogP contribution in [0.5, 0.6) is 0 Å². The van der Waals surface area contributed by atoms with Crippen molar-refractivity contribution in [1.82, 2.24) is 5.32 Å². The van der Waals surface area contributed by atoms with E-state index in [4.69, 9.17) is 21.1 Å². The first-order valence-electron chi connectivity index (χ1n) is 7.04. The number of halogens is 1. The Bertz CT molecular complexity index is 486. The summed E-state index contributed by atoms with van der Waals surface area (Å²) in [6.07, 6.45) is -2.74. The van der Waals surface area contributed by atoms with Crippen molar-refractivity contribution in [2.45, 2.75) is 43.4 Å². The number of aliphatic hydroxyl groups is 2. The zero-order valence-corrected chi connectivity index (χ0v) is 12.9. The number of hydrogen-bond acceptors (Lipinski definition) is 5. The molecular weight excluding hydrogens is 310 g/mol. The van der Waals surface area contributed by atoms with E-state index < -0.39 is 29.9 Å². The molecule has 0 aliphatic carbocycles. The van der Waals surface area contributed by atoms with Gasteiger partial charge in [0.05, 0.1) is 24.7 Å². The molecule has 1 aromatic rings. The van der Waals surface area contributed by atoms with Crippen LogP contribution in [0.15, 0.2) is 30.3 Å². The van der Waals surface area contributed by atoms with Gasteiger partial charge < -0.3 is 25.0 Å². The fourth-order valence-corrected chi connectivity index (χ4v) is 2.63. The minimum absolute atomic E-state index is 0.249. The van der Waals surface area contributed by atoms with Crippen LogP contribution < -0.4 is 5.32 Å². The zero-order valence-electron chi connectivity index (χ0n) is 12.2. The molecule has 1 heterocycles. The second-order valence-electron chi connectivity index (χ2n) is 5.18. The lowest BCUT2D eigenvalue weighted by Gasteiger charge is -2.42. The maximum atomic E-state index is 11.3. The summed E-state index contributed by atoms with van der Waals surface area (Å²) in [4.78, 5) is 11.3. The van der Waals surface area contributed by atoms with Crippen molar-refractivity contribution >= 4 is 17.5 Å². The third-order valence-electron chi connectivity index (χ3n) is 3.46. The first-order chi connectivity index (χ1) is 10.5. The van der Waals surface area contributed by atoms with Gasteiger partial charge in [-0.05, 0) is 5.56 Å². The average molecular weight is 330 g/mol. The van der Waals surface area contributed by atoms with Crippen LogP contribution in [0.1, 0.15) is 12.5 Å². The van der Waals surface area contributed by atoms with E-state index in [1.165, 1.54) is 6.92 Å². The molecule has 1 saturated heterocycles. The Morgan fingerprint density at radius 3 is 2.68 bits per heavy atom. The monoisotopic (exact) mass is 329 g/mol. The summed E-state index contributed by atoms with van der Waals surface area (Å²) in [5.41, 5.74) is 0.927. The Balaban J connectivity index is 2.07. The van der Waals surface area contributed by atoms with Crippen molar-refractivity contribution in [3.8, 4) is 0 Å². The van der Waals surface area contributed by atoms with Gasteiger partial charge in [-0.25, -0.2) is 0 Å². The van der Waals surface area contributed by atoms with Crippen molar-refractivity contribution in [2.75, 3.05) is 6.61 Å². The van der Waals surface area contributed by atoms with Crippen LogP contribution in [-0.4, -0.2) is 52.6 Å². The van der Waals surface area contributed by atoms with Gasteiger partial charge in [-0.15, -0.1) is 11.6 Å². The van der Waals surface area contributed by atoms with Crippen LogP contribution in [0.3, 0.4) is 0 Å². The molecule has 1 aliphatic rings. The van der Waals surface area contributed by atoms with Gasteiger partial charge in [0.1, 0.15) is 12.1 Å². The van der Waals surface area contributed by atoms with E-state index in [-0.39, 0.29) is 19.1 Å². The van der Waals surface area contributed by atoms with Gasteiger partial charge in [-0.1, -0.05) is 30.3 Å². The molecule has 3 N–H and O–H groups in total. The topological polar surface area (TPSA) is 88.0 Å². The molecule has 1 amide bonds. The summed E-state index contributed by atoms with van der Waals surface area (Å²) in [5.74, 6) is -0.327. The number of carbonyl (C=O) groups is 1. The number of benzene rings is 1. The summed E-state index contributed by atoms with van der Waals surface area (Å²) in [6, 6.07) is 8.63. The van der Waals surface area contributed by atoms with Crippen molar-refractivity contribution < 1.29 is 24.5 Å². The molecule has 7 heteroatoms. The summed E-state index contributed by atoms with van der Waals surface area (Å²) in [6.45, 7) is 1.24. The molecule has 1 aliphatic heterocycles. The van der Waals surface area contributed by atoms with E-state index in [9.17, 15) is 15.0 Å². The number of ether oxygens (including phenoxy) is 2. The van der Waals surface area contributed by atoms with Crippen molar-refractivity contribution in [3.63, 3.8) is 0 Å². The summed E-state index contributed by atoms with van der Waals surface area (Å²) in [5, 5.41) is 21.3. The SMILES string of the molecule is CC(=O)N[C@H]1[C@@H](OCc2ccccc2)O[C@H](CO)[C@H](Cl)[C@@H]1O. The van der Waals surface area contributed by atoms with Crippen LogP contribution in [0.2, 0.25) is 0 Å². The average Bonchev–Trinajstić information content (AvgIpc) is 2.52. The molecule has 0 saturated carbocycles. The quantitative estimate of drug-likeness (QED) is 0.680. The molecule has 6 nitrogen and oxygen atoms in total. The molecule has 0 spiro atoms. The highest BCUT2D eigenvalue weighted by molar-refractivity contribution is 6.21. The fraction of sp³-hybridized carbons (Fsp3) is 0.533. The Hall–Kier alpha value is -1.18. The molecule has 22 heavy (non-hydrogen) atoms. The van der Waals surface area contributed by atoms with E-state index in [1.54, 1.807) is 0 Å². The van der Waals surface area contributed by atoms with E-state index in [0.717, 1.165) is 5.56 Å². The van der Waals surface area contributed by atoms with Gasteiger partial charge in [-0.3, -0.25) is 4.79 Å². The molecular formula is C15H20ClNO5. The largest absolute Gasteiger partial charge is 0.394 e. The van der Waals surface area contributed by atoms with Gasteiger partial charge >= 0.3 is 0 Å². The molecule has 2 rings (SSSR count). The van der Waals surface area contributed by atoms with Crippen molar-refractivity contribution in [3.05, 3.63) is 35.9 Å². The summed E-state index contributed by atoms with van der Waals surface area (Å²) < 4.78 is 11.2. The maximum Gasteiger partial charge on any atom is 0.217 e. The smallest absolute Gasteiger partial charge is 0.217 e. The standard InChI is InChI=1S/C15H20ClNO5/c1-9(19)17-13-14(20)12(16)11(7-18)22-15(13)21-8-10-5-3-2-4-6-10/h2-6,11-15,18,20H,7-8H2,1H3,(H,17,19)/t11-,12+,13-,14+,15+/m1/s1. The minimum atomic E-state index is -1.09. The highest BCUT2D eigenvalue weighted by Gasteiger charge is 2.45.